The summed E-state index contributed by atoms with van der Waals surface area (Å²) in [6.45, 7) is 1.79. The predicted octanol–water partition coefficient (Wildman–Crippen LogP) is 0.339. The molecule has 1 N–H and O–H groups in total. The highest BCUT2D eigenvalue weighted by Gasteiger charge is 2.37. The molecule has 2 amide bonds. The lowest BCUT2D eigenvalue weighted by atomic mass is 10.1. The third-order valence-electron chi connectivity index (χ3n) is 5.18. The molecule has 27 heavy (non-hydrogen) atoms. The summed E-state index contributed by atoms with van der Waals surface area (Å²) in [6, 6.07) is 6.57. The number of hydrogen-bond acceptors (Lipinski definition) is 5. The molecular formula is C18H23N3O5S. The standard InChI is InChI=1S/C18H23N3O5S/c22-17-11-13(18(23)19-14-1-2-14)12-21(17)15-3-5-16(6-4-15)27(24,25)20-7-9-26-10-8-20/h3-6,13-14H,1-2,7-12H2,(H,19,23)/t13-/m0/s1. The van der Waals surface area contributed by atoms with Crippen LogP contribution < -0.4 is 10.2 Å². The van der Waals surface area contributed by atoms with E-state index in [4.69, 9.17) is 4.74 Å². The van der Waals surface area contributed by atoms with Gasteiger partial charge in [-0.1, -0.05) is 0 Å². The Balaban J connectivity index is 1.45. The van der Waals surface area contributed by atoms with Gasteiger partial charge in [-0.25, -0.2) is 8.42 Å². The summed E-state index contributed by atoms with van der Waals surface area (Å²) < 4.78 is 32.0. The molecule has 4 rings (SSSR count). The molecule has 3 fully saturated rings. The number of morpholine rings is 1. The summed E-state index contributed by atoms with van der Waals surface area (Å²) in [4.78, 5) is 26.3. The zero-order valence-corrected chi connectivity index (χ0v) is 15.8. The molecule has 1 saturated carbocycles. The lowest BCUT2D eigenvalue weighted by Crippen LogP contribution is -2.40. The molecule has 146 valence electrons. The van der Waals surface area contributed by atoms with Crippen molar-refractivity contribution in [3.8, 4) is 0 Å². The number of amides is 2. The van der Waals surface area contributed by atoms with E-state index in [0.717, 1.165) is 12.8 Å². The molecule has 0 bridgehead atoms. The number of carbonyl (C=O) groups excluding carboxylic acids is 2. The SMILES string of the molecule is O=C(NC1CC1)[C@H]1CC(=O)N(c2ccc(S(=O)(=O)N3CCOCC3)cc2)C1. The van der Waals surface area contributed by atoms with Gasteiger partial charge in [0.2, 0.25) is 21.8 Å². The van der Waals surface area contributed by atoms with Gasteiger partial charge in [-0.2, -0.15) is 4.31 Å². The zero-order valence-electron chi connectivity index (χ0n) is 15.0. The van der Waals surface area contributed by atoms with Crippen molar-refractivity contribution in [1.29, 1.82) is 0 Å². The Hall–Kier alpha value is -1.97. The number of anilines is 1. The molecule has 2 aliphatic heterocycles. The van der Waals surface area contributed by atoms with Gasteiger partial charge in [0.15, 0.2) is 0 Å². The fraction of sp³-hybridized carbons (Fsp3) is 0.556. The monoisotopic (exact) mass is 393 g/mol. The molecule has 1 atom stereocenters. The number of hydrogen-bond donors (Lipinski definition) is 1. The van der Waals surface area contributed by atoms with Gasteiger partial charge < -0.3 is 15.0 Å². The van der Waals surface area contributed by atoms with Crippen LogP contribution in [0.5, 0.6) is 0 Å². The smallest absolute Gasteiger partial charge is 0.243 e. The van der Waals surface area contributed by atoms with Crippen molar-refractivity contribution in [1.82, 2.24) is 9.62 Å². The van der Waals surface area contributed by atoms with Gasteiger partial charge in [-0.3, -0.25) is 9.59 Å². The first-order chi connectivity index (χ1) is 12.9. The van der Waals surface area contributed by atoms with Crippen molar-refractivity contribution >= 4 is 27.5 Å². The van der Waals surface area contributed by atoms with E-state index in [0.29, 0.717) is 38.5 Å². The number of nitrogens with zero attached hydrogens (tertiary/aromatic N) is 2. The zero-order chi connectivity index (χ0) is 19.0. The van der Waals surface area contributed by atoms with E-state index in [-0.39, 0.29) is 35.1 Å². The largest absolute Gasteiger partial charge is 0.379 e. The summed E-state index contributed by atoms with van der Waals surface area (Å²) in [5.41, 5.74) is 0.614. The van der Waals surface area contributed by atoms with Gasteiger partial charge in [-0.05, 0) is 37.1 Å². The number of rotatable bonds is 5. The number of sulfonamides is 1. The first-order valence-corrected chi connectivity index (χ1v) is 10.7. The second-order valence-corrected chi connectivity index (χ2v) is 9.14. The van der Waals surface area contributed by atoms with E-state index in [1.807, 2.05) is 0 Å². The Morgan fingerprint density at radius 2 is 1.78 bits per heavy atom. The third-order valence-corrected chi connectivity index (χ3v) is 7.09. The second kappa shape index (κ2) is 7.21. The van der Waals surface area contributed by atoms with Crippen LogP contribution in [0.3, 0.4) is 0 Å². The first-order valence-electron chi connectivity index (χ1n) is 9.24. The molecule has 0 spiro atoms. The quantitative estimate of drug-likeness (QED) is 0.778. The third kappa shape index (κ3) is 3.85. The minimum atomic E-state index is -3.56. The van der Waals surface area contributed by atoms with Crippen LogP contribution in [0.25, 0.3) is 0 Å². The van der Waals surface area contributed by atoms with Gasteiger partial charge in [0.25, 0.3) is 0 Å². The molecule has 9 heteroatoms. The van der Waals surface area contributed by atoms with Crippen molar-refractivity contribution in [2.75, 3.05) is 37.7 Å². The van der Waals surface area contributed by atoms with Crippen LogP contribution in [0, 0.1) is 5.92 Å². The summed E-state index contributed by atoms with van der Waals surface area (Å²) in [7, 11) is -3.56. The molecule has 3 aliphatic rings. The number of carbonyl (C=O) groups is 2. The van der Waals surface area contributed by atoms with Crippen LogP contribution in [0.1, 0.15) is 19.3 Å². The highest BCUT2D eigenvalue weighted by Crippen LogP contribution is 2.28. The van der Waals surface area contributed by atoms with E-state index in [2.05, 4.69) is 5.32 Å². The predicted molar refractivity (Wildman–Crippen MR) is 97.6 cm³/mol. The normalized spacial score (nSPS) is 24.2. The van der Waals surface area contributed by atoms with Crippen molar-refractivity contribution < 1.29 is 22.7 Å². The van der Waals surface area contributed by atoms with Crippen LogP contribution >= 0.6 is 0 Å². The average Bonchev–Trinajstić information content (AvgIpc) is 3.41. The molecule has 0 unspecified atom stereocenters. The van der Waals surface area contributed by atoms with Crippen LogP contribution in [0.4, 0.5) is 5.69 Å². The minimum absolute atomic E-state index is 0.0696. The van der Waals surface area contributed by atoms with Crippen LogP contribution in [0.15, 0.2) is 29.2 Å². The van der Waals surface area contributed by atoms with Gasteiger partial charge in [-0.15, -0.1) is 0 Å². The van der Waals surface area contributed by atoms with Crippen LogP contribution in [-0.2, 0) is 24.3 Å². The Kier molecular flexibility index (Phi) is 4.92. The van der Waals surface area contributed by atoms with Crippen molar-refractivity contribution in [3.05, 3.63) is 24.3 Å². The minimum Gasteiger partial charge on any atom is -0.379 e. The highest BCUT2D eigenvalue weighted by atomic mass is 32.2. The van der Waals surface area contributed by atoms with E-state index in [1.54, 1.807) is 17.0 Å². The number of nitrogens with one attached hydrogen (secondary N) is 1. The number of benzene rings is 1. The van der Waals surface area contributed by atoms with Crippen molar-refractivity contribution in [2.45, 2.75) is 30.2 Å². The van der Waals surface area contributed by atoms with E-state index in [1.165, 1.54) is 16.4 Å². The van der Waals surface area contributed by atoms with E-state index < -0.39 is 10.0 Å². The maximum absolute atomic E-state index is 12.7. The van der Waals surface area contributed by atoms with Crippen molar-refractivity contribution in [3.63, 3.8) is 0 Å². The Morgan fingerprint density at radius 1 is 1.11 bits per heavy atom. The molecule has 0 radical (unpaired) electrons. The van der Waals surface area contributed by atoms with Crippen molar-refractivity contribution in [2.24, 2.45) is 5.92 Å². The van der Waals surface area contributed by atoms with Gasteiger partial charge >= 0.3 is 0 Å². The van der Waals surface area contributed by atoms with Gasteiger partial charge in [0.05, 0.1) is 24.0 Å². The Morgan fingerprint density at radius 3 is 2.41 bits per heavy atom. The Labute approximate surface area is 158 Å². The Bertz CT molecular complexity index is 829. The molecule has 1 aliphatic carbocycles. The fourth-order valence-corrected chi connectivity index (χ4v) is 4.82. The summed E-state index contributed by atoms with van der Waals surface area (Å²) in [5.74, 6) is -0.538. The van der Waals surface area contributed by atoms with E-state index >= 15 is 0 Å². The molecule has 0 aromatic heterocycles. The second-order valence-electron chi connectivity index (χ2n) is 7.20. The molecule has 8 nitrogen and oxygen atoms in total. The van der Waals surface area contributed by atoms with Crippen LogP contribution in [-0.4, -0.2) is 63.4 Å². The lowest BCUT2D eigenvalue weighted by Gasteiger charge is -2.26. The summed E-state index contributed by atoms with van der Waals surface area (Å²) in [6.07, 6.45) is 2.21. The molecule has 2 heterocycles. The van der Waals surface area contributed by atoms with Gasteiger partial charge in [0.1, 0.15) is 0 Å². The van der Waals surface area contributed by atoms with Crippen LogP contribution in [0.2, 0.25) is 0 Å². The van der Waals surface area contributed by atoms with E-state index in [9.17, 15) is 18.0 Å². The molecule has 1 aromatic rings. The van der Waals surface area contributed by atoms with Gasteiger partial charge in [0, 0.05) is 37.8 Å². The summed E-state index contributed by atoms with van der Waals surface area (Å²) >= 11 is 0. The molecule has 2 saturated heterocycles. The maximum Gasteiger partial charge on any atom is 0.243 e. The summed E-state index contributed by atoms with van der Waals surface area (Å²) in [5, 5.41) is 2.94. The average molecular weight is 393 g/mol. The number of ether oxygens (including phenoxy) is 1. The molecular weight excluding hydrogens is 370 g/mol. The maximum atomic E-state index is 12.7. The fourth-order valence-electron chi connectivity index (χ4n) is 3.41. The highest BCUT2D eigenvalue weighted by molar-refractivity contribution is 7.89. The lowest BCUT2D eigenvalue weighted by molar-refractivity contribution is -0.126. The first kappa shape index (κ1) is 18.4. The molecule has 1 aromatic carbocycles. The topological polar surface area (TPSA) is 96.0 Å².